The van der Waals surface area contributed by atoms with Gasteiger partial charge in [0.1, 0.15) is 0 Å². The monoisotopic (exact) mass is 258 g/mol. The molecule has 2 unspecified atom stereocenters. The van der Waals surface area contributed by atoms with Gasteiger partial charge in [-0.05, 0) is 31.5 Å². The third kappa shape index (κ3) is 3.89. The van der Waals surface area contributed by atoms with Crippen molar-refractivity contribution >= 4 is 0 Å². The summed E-state index contributed by atoms with van der Waals surface area (Å²) in [5.74, 6) is 0. The summed E-state index contributed by atoms with van der Waals surface area (Å²) in [7, 11) is 0. The lowest BCUT2D eigenvalue weighted by molar-refractivity contribution is 0.471. The molecule has 0 saturated heterocycles. The van der Waals surface area contributed by atoms with E-state index in [1.165, 1.54) is 0 Å². The smallest absolute Gasteiger partial charge is 0.0640 e. The fraction of sp³-hybridized carbons (Fsp3) is 0.467. The van der Waals surface area contributed by atoms with Crippen LogP contribution in [0.4, 0.5) is 0 Å². The Kier molecular flexibility index (Phi) is 4.68. The molecule has 0 bridgehead atoms. The average Bonchev–Trinajstić information content (AvgIpc) is 2.87. The molecule has 2 heterocycles. The Morgan fingerprint density at radius 1 is 1.21 bits per heavy atom. The van der Waals surface area contributed by atoms with Gasteiger partial charge in [0, 0.05) is 43.0 Å². The molecule has 4 heteroatoms. The molecule has 0 aliphatic heterocycles. The minimum Gasteiger partial charge on any atom is -0.327 e. The van der Waals surface area contributed by atoms with Crippen LogP contribution < -0.4 is 5.73 Å². The highest BCUT2D eigenvalue weighted by molar-refractivity contribution is 5.08. The van der Waals surface area contributed by atoms with Crippen LogP contribution >= 0.6 is 0 Å². The molecule has 0 spiro atoms. The molecule has 2 rings (SSSR count). The summed E-state index contributed by atoms with van der Waals surface area (Å²) >= 11 is 0. The number of rotatable bonds is 6. The number of nitrogens with two attached hydrogens (primary N) is 1. The van der Waals surface area contributed by atoms with Crippen molar-refractivity contribution in [2.24, 2.45) is 5.73 Å². The summed E-state index contributed by atoms with van der Waals surface area (Å²) in [6, 6.07) is 8.49. The first-order valence-electron chi connectivity index (χ1n) is 6.88. The first-order valence-corrected chi connectivity index (χ1v) is 6.88. The van der Waals surface area contributed by atoms with Gasteiger partial charge in [-0.2, -0.15) is 5.10 Å². The Hall–Kier alpha value is -1.68. The minimum absolute atomic E-state index is 0.0650. The van der Waals surface area contributed by atoms with Crippen LogP contribution in [-0.4, -0.2) is 20.8 Å². The molecule has 2 aromatic heterocycles. The molecule has 0 aromatic carbocycles. The van der Waals surface area contributed by atoms with E-state index in [1.807, 2.05) is 29.1 Å². The number of aromatic nitrogens is 3. The highest BCUT2D eigenvalue weighted by Gasteiger charge is 2.10. The summed E-state index contributed by atoms with van der Waals surface area (Å²) in [4.78, 5) is 4.30. The number of nitrogens with zero attached hydrogens (tertiary/aromatic N) is 3. The Morgan fingerprint density at radius 2 is 2.00 bits per heavy atom. The maximum absolute atomic E-state index is 6.17. The van der Waals surface area contributed by atoms with E-state index in [0.717, 1.165) is 30.7 Å². The Balaban J connectivity index is 1.92. The summed E-state index contributed by atoms with van der Waals surface area (Å²) in [5.41, 5.74) is 8.26. The maximum atomic E-state index is 6.17. The van der Waals surface area contributed by atoms with Gasteiger partial charge in [-0.15, -0.1) is 0 Å². The van der Waals surface area contributed by atoms with Gasteiger partial charge >= 0.3 is 0 Å². The fourth-order valence-corrected chi connectivity index (χ4v) is 2.05. The Bertz CT molecular complexity index is 492. The van der Waals surface area contributed by atoms with Crippen LogP contribution in [0, 0.1) is 0 Å². The Morgan fingerprint density at radius 3 is 2.68 bits per heavy atom. The first-order chi connectivity index (χ1) is 9.19. The van der Waals surface area contributed by atoms with Gasteiger partial charge in [-0.1, -0.05) is 13.0 Å². The Labute approximate surface area is 114 Å². The average molecular weight is 258 g/mol. The van der Waals surface area contributed by atoms with E-state index < -0.39 is 0 Å². The second-order valence-corrected chi connectivity index (χ2v) is 5.03. The summed E-state index contributed by atoms with van der Waals surface area (Å²) in [6.07, 6.45) is 6.51. The SMILES string of the molecule is CCC(C)n1ccc(CC(N)Cc2ccccn2)n1. The zero-order chi connectivity index (χ0) is 13.7. The lowest BCUT2D eigenvalue weighted by Crippen LogP contribution is -2.26. The lowest BCUT2D eigenvalue weighted by atomic mass is 10.1. The summed E-state index contributed by atoms with van der Waals surface area (Å²) in [5, 5.41) is 4.58. The molecule has 19 heavy (non-hydrogen) atoms. The molecule has 0 saturated carbocycles. The van der Waals surface area contributed by atoms with Gasteiger partial charge in [0.05, 0.1) is 5.69 Å². The quantitative estimate of drug-likeness (QED) is 0.865. The van der Waals surface area contributed by atoms with Crippen molar-refractivity contribution in [2.75, 3.05) is 0 Å². The van der Waals surface area contributed by atoms with E-state index in [0.29, 0.717) is 6.04 Å². The van der Waals surface area contributed by atoms with Crippen molar-refractivity contribution in [2.45, 2.75) is 45.2 Å². The van der Waals surface area contributed by atoms with Crippen LogP contribution in [0.5, 0.6) is 0 Å². The van der Waals surface area contributed by atoms with E-state index in [4.69, 9.17) is 5.73 Å². The standard InChI is InChI=1S/C15H22N4/c1-3-12(2)19-9-7-15(18-19)11-13(16)10-14-6-4-5-8-17-14/h4-9,12-13H,3,10-11,16H2,1-2H3. The number of hydrogen-bond donors (Lipinski definition) is 1. The van der Waals surface area contributed by atoms with Gasteiger partial charge in [0.2, 0.25) is 0 Å². The minimum atomic E-state index is 0.0650. The topological polar surface area (TPSA) is 56.7 Å². The molecule has 102 valence electrons. The van der Waals surface area contributed by atoms with Gasteiger partial charge in [0.25, 0.3) is 0 Å². The molecular formula is C15H22N4. The van der Waals surface area contributed by atoms with Crippen LogP contribution in [0.1, 0.15) is 37.7 Å². The highest BCUT2D eigenvalue weighted by Crippen LogP contribution is 2.10. The summed E-state index contributed by atoms with van der Waals surface area (Å²) < 4.78 is 2.02. The van der Waals surface area contributed by atoms with Crippen LogP contribution in [-0.2, 0) is 12.8 Å². The van der Waals surface area contributed by atoms with E-state index in [2.05, 4.69) is 30.0 Å². The van der Waals surface area contributed by atoms with Crippen LogP contribution in [0.2, 0.25) is 0 Å². The molecule has 2 aromatic rings. The second-order valence-electron chi connectivity index (χ2n) is 5.03. The van der Waals surface area contributed by atoms with Crippen LogP contribution in [0.15, 0.2) is 36.7 Å². The van der Waals surface area contributed by atoms with Gasteiger partial charge in [0.15, 0.2) is 0 Å². The van der Waals surface area contributed by atoms with E-state index >= 15 is 0 Å². The van der Waals surface area contributed by atoms with E-state index in [9.17, 15) is 0 Å². The van der Waals surface area contributed by atoms with Crippen molar-refractivity contribution in [1.29, 1.82) is 0 Å². The highest BCUT2D eigenvalue weighted by atomic mass is 15.3. The molecule has 0 aliphatic carbocycles. The summed E-state index contributed by atoms with van der Waals surface area (Å²) in [6.45, 7) is 4.34. The van der Waals surface area contributed by atoms with Gasteiger partial charge in [-0.3, -0.25) is 9.67 Å². The molecule has 2 atom stereocenters. The third-order valence-corrected chi connectivity index (χ3v) is 3.37. The van der Waals surface area contributed by atoms with E-state index in [1.54, 1.807) is 6.20 Å². The van der Waals surface area contributed by atoms with Crippen LogP contribution in [0.25, 0.3) is 0 Å². The molecule has 0 amide bonds. The van der Waals surface area contributed by atoms with Crippen molar-refractivity contribution in [3.8, 4) is 0 Å². The van der Waals surface area contributed by atoms with Crippen molar-refractivity contribution < 1.29 is 0 Å². The van der Waals surface area contributed by atoms with Gasteiger partial charge in [-0.25, -0.2) is 0 Å². The molecular weight excluding hydrogens is 236 g/mol. The zero-order valence-electron chi connectivity index (χ0n) is 11.7. The lowest BCUT2D eigenvalue weighted by Gasteiger charge is -2.10. The molecule has 4 nitrogen and oxygen atoms in total. The van der Waals surface area contributed by atoms with E-state index in [-0.39, 0.29) is 6.04 Å². The first kappa shape index (κ1) is 13.7. The normalized spacial score (nSPS) is 14.3. The maximum Gasteiger partial charge on any atom is 0.0640 e. The van der Waals surface area contributed by atoms with Gasteiger partial charge < -0.3 is 5.73 Å². The molecule has 2 N–H and O–H groups in total. The predicted octanol–water partition coefficient (Wildman–Crippen LogP) is 2.36. The molecule has 0 aliphatic rings. The fourth-order valence-electron chi connectivity index (χ4n) is 2.05. The zero-order valence-corrected chi connectivity index (χ0v) is 11.7. The van der Waals surface area contributed by atoms with Crippen LogP contribution in [0.3, 0.4) is 0 Å². The molecule has 0 radical (unpaired) electrons. The number of hydrogen-bond acceptors (Lipinski definition) is 3. The number of pyridine rings is 1. The predicted molar refractivity (Wildman–Crippen MR) is 76.8 cm³/mol. The molecule has 0 fully saturated rings. The van der Waals surface area contributed by atoms with Crippen molar-refractivity contribution in [3.63, 3.8) is 0 Å². The third-order valence-electron chi connectivity index (χ3n) is 3.37. The van der Waals surface area contributed by atoms with Crippen molar-refractivity contribution in [3.05, 3.63) is 48.0 Å². The second kappa shape index (κ2) is 6.48. The largest absolute Gasteiger partial charge is 0.327 e. The van der Waals surface area contributed by atoms with Crippen molar-refractivity contribution in [1.82, 2.24) is 14.8 Å².